The first kappa shape index (κ1) is 15.5. The minimum Gasteiger partial charge on any atom is -0.399 e. The monoisotopic (exact) mass is 264 g/mol. The van der Waals surface area contributed by atoms with Gasteiger partial charge in [0.25, 0.3) is 0 Å². The Bertz CT molecular complexity index is 416. The van der Waals surface area contributed by atoms with Crippen LogP contribution >= 0.6 is 0 Å². The molecule has 0 aliphatic rings. The fraction of sp³-hybridized carbons (Fsp3) is 0.533. The average molecular weight is 264 g/mol. The third-order valence-electron chi connectivity index (χ3n) is 2.79. The number of carbonyl (C=O) groups is 1. The summed E-state index contributed by atoms with van der Waals surface area (Å²) in [7, 11) is 0. The van der Waals surface area contributed by atoms with Gasteiger partial charge in [0.1, 0.15) is 6.61 Å². The highest BCUT2D eigenvalue weighted by atomic mass is 16.5. The van der Waals surface area contributed by atoms with Crippen LogP contribution in [0.5, 0.6) is 0 Å². The van der Waals surface area contributed by atoms with E-state index in [9.17, 15) is 4.79 Å². The summed E-state index contributed by atoms with van der Waals surface area (Å²) in [5, 5.41) is 0. The molecule has 1 amide bonds. The minimum absolute atomic E-state index is 0.00567. The van der Waals surface area contributed by atoms with E-state index in [0.29, 0.717) is 12.2 Å². The highest BCUT2D eigenvalue weighted by Crippen LogP contribution is 2.12. The van der Waals surface area contributed by atoms with Gasteiger partial charge in [0.05, 0.1) is 6.10 Å². The van der Waals surface area contributed by atoms with E-state index >= 15 is 0 Å². The van der Waals surface area contributed by atoms with Gasteiger partial charge in [-0.25, -0.2) is 0 Å². The highest BCUT2D eigenvalue weighted by molar-refractivity contribution is 5.77. The zero-order valence-corrected chi connectivity index (χ0v) is 12.2. The molecular formula is C15H24N2O2. The van der Waals surface area contributed by atoms with Crippen molar-refractivity contribution in [3.8, 4) is 0 Å². The maximum atomic E-state index is 12.1. The molecule has 0 saturated carbocycles. The number of anilines is 1. The van der Waals surface area contributed by atoms with Gasteiger partial charge >= 0.3 is 0 Å². The molecule has 0 spiro atoms. The SMILES string of the molecule is CC(C)OCC(=O)N(Cc1cccc(N)c1)C(C)C. The summed E-state index contributed by atoms with van der Waals surface area (Å²) in [5.74, 6) is 0.00567. The number of hydrogen-bond acceptors (Lipinski definition) is 3. The minimum atomic E-state index is 0.00567. The lowest BCUT2D eigenvalue weighted by atomic mass is 10.1. The summed E-state index contributed by atoms with van der Waals surface area (Å²) in [6, 6.07) is 7.74. The van der Waals surface area contributed by atoms with E-state index in [-0.39, 0.29) is 24.7 Å². The molecule has 0 atom stereocenters. The molecule has 1 aromatic rings. The normalized spacial score (nSPS) is 11.1. The van der Waals surface area contributed by atoms with Gasteiger partial charge in [-0.15, -0.1) is 0 Å². The first-order valence-electron chi connectivity index (χ1n) is 6.65. The fourth-order valence-electron chi connectivity index (χ4n) is 1.77. The van der Waals surface area contributed by atoms with Gasteiger partial charge in [-0.2, -0.15) is 0 Å². The lowest BCUT2D eigenvalue weighted by Gasteiger charge is -2.27. The van der Waals surface area contributed by atoms with Crippen LogP contribution in [0.25, 0.3) is 0 Å². The van der Waals surface area contributed by atoms with Gasteiger partial charge in [-0.05, 0) is 45.4 Å². The van der Waals surface area contributed by atoms with Crippen LogP contribution in [0, 0.1) is 0 Å². The van der Waals surface area contributed by atoms with Crippen LogP contribution in [0.3, 0.4) is 0 Å². The van der Waals surface area contributed by atoms with Crippen molar-refractivity contribution in [2.24, 2.45) is 0 Å². The number of benzene rings is 1. The van der Waals surface area contributed by atoms with Crippen LogP contribution in [0.1, 0.15) is 33.3 Å². The molecule has 0 fully saturated rings. The quantitative estimate of drug-likeness (QED) is 0.803. The van der Waals surface area contributed by atoms with Crippen LogP contribution < -0.4 is 5.73 Å². The van der Waals surface area contributed by atoms with Crippen molar-refractivity contribution in [1.82, 2.24) is 4.90 Å². The summed E-state index contributed by atoms with van der Waals surface area (Å²) >= 11 is 0. The summed E-state index contributed by atoms with van der Waals surface area (Å²) in [4.78, 5) is 14.0. The van der Waals surface area contributed by atoms with Gasteiger partial charge in [0.15, 0.2) is 0 Å². The van der Waals surface area contributed by atoms with Crippen LogP contribution in [0.4, 0.5) is 5.69 Å². The van der Waals surface area contributed by atoms with Crippen molar-refractivity contribution in [2.75, 3.05) is 12.3 Å². The van der Waals surface area contributed by atoms with E-state index in [1.165, 1.54) is 0 Å². The number of rotatable bonds is 6. The number of nitrogens with zero attached hydrogens (tertiary/aromatic N) is 1. The Hall–Kier alpha value is -1.55. The first-order valence-corrected chi connectivity index (χ1v) is 6.65. The average Bonchev–Trinajstić information content (AvgIpc) is 2.32. The third-order valence-corrected chi connectivity index (χ3v) is 2.79. The number of hydrogen-bond donors (Lipinski definition) is 1. The molecular weight excluding hydrogens is 240 g/mol. The van der Waals surface area contributed by atoms with E-state index in [4.69, 9.17) is 10.5 Å². The third kappa shape index (κ3) is 5.30. The standard InChI is InChI=1S/C15H24N2O2/c1-11(2)17(15(18)10-19-12(3)4)9-13-6-5-7-14(16)8-13/h5-8,11-12H,9-10,16H2,1-4H3. The number of ether oxygens (including phenoxy) is 1. The zero-order valence-electron chi connectivity index (χ0n) is 12.2. The van der Waals surface area contributed by atoms with E-state index in [2.05, 4.69) is 0 Å². The second-order valence-corrected chi connectivity index (χ2v) is 5.22. The van der Waals surface area contributed by atoms with Crippen LogP contribution in [0.2, 0.25) is 0 Å². The number of carbonyl (C=O) groups excluding carboxylic acids is 1. The second kappa shape index (κ2) is 7.14. The molecule has 0 aromatic heterocycles. The van der Waals surface area contributed by atoms with Crippen LogP contribution in [-0.2, 0) is 16.1 Å². The summed E-state index contributed by atoms with van der Waals surface area (Å²) in [5.41, 5.74) is 7.51. The van der Waals surface area contributed by atoms with Crippen LogP contribution in [-0.4, -0.2) is 29.6 Å². The molecule has 2 N–H and O–H groups in total. The molecule has 0 radical (unpaired) electrons. The molecule has 0 saturated heterocycles. The smallest absolute Gasteiger partial charge is 0.249 e. The molecule has 0 aliphatic heterocycles. The largest absolute Gasteiger partial charge is 0.399 e. The van der Waals surface area contributed by atoms with E-state index < -0.39 is 0 Å². The molecule has 106 valence electrons. The topological polar surface area (TPSA) is 55.6 Å². The molecule has 1 rings (SSSR count). The Morgan fingerprint density at radius 1 is 1.32 bits per heavy atom. The van der Waals surface area contributed by atoms with Crippen LogP contribution in [0.15, 0.2) is 24.3 Å². The van der Waals surface area contributed by atoms with Gasteiger partial charge in [0.2, 0.25) is 5.91 Å². The van der Waals surface area contributed by atoms with Gasteiger partial charge < -0.3 is 15.4 Å². The number of nitrogen functional groups attached to an aromatic ring is 1. The van der Waals surface area contributed by atoms with Crippen molar-refractivity contribution in [2.45, 2.75) is 46.4 Å². The van der Waals surface area contributed by atoms with Gasteiger partial charge in [-0.3, -0.25) is 4.79 Å². The molecule has 0 heterocycles. The maximum absolute atomic E-state index is 12.1. The lowest BCUT2D eigenvalue weighted by molar-refractivity contribution is -0.140. The zero-order chi connectivity index (χ0) is 14.4. The van der Waals surface area contributed by atoms with Crippen molar-refractivity contribution in [3.05, 3.63) is 29.8 Å². The highest BCUT2D eigenvalue weighted by Gasteiger charge is 2.17. The first-order chi connectivity index (χ1) is 8.90. The Balaban J connectivity index is 2.70. The predicted molar refractivity (Wildman–Crippen MR) is 77.6 cm³/mol. The second-order valence-electron chi connectivity index (χ2n) is 5.22. The number of amides is 1. The molecule has 19 heavy (non-hydrogen) atoms. The Morgan fingerprint density at radius 2 is 2.00 bits per heavy atom. The fourth-order valence-corrected chi connectivity index (χ4v) is 1.77. The van der Waals surface area contributed by atoms with Crippen molar-refractivity contribution in [1.29, 1.82) is 0 Å². The number of nitrogens with two attached hydrogens (primary N) is 1. The summed E-state index contributed by atoms with van der Waals surface area (Å²) < 4.78 is 5.38. The van der Waals surface area contributed by atoms with Gasteiger partial charge in [-0.1, -0.05) is 12.1 Å². The predicted octanol–water partition coefficient (Wildman–Crippen LogP) is 2.43. The van der Waals surface area contributed by atoms with Gasteiger partial charge in [0, 0.05) is 18.3 Å². The van der Waals surface area contributed by atoms with E-state index in [1.54, 1.807) is 4.90 Å². The lowest BCUT2D eigenvalue weighted by Crippen LogP contribution is -2.39. The maximum Gasteiger partial charge on any atom is 0.249 e. The molecule has 4 nitrogen and oxygen atoms in total. The van der Waals surface area contributed by atoms with Crippen molar-refractivity contribution >= 4 is 11.6 Å². The Kier molecular flexibility index (Phi) is 5.83. The van der Waals surface area contributed by atoms with E-state index in [0.717, 1.165) is 5.56 Å². The van der Waals surface area contributed by atoms with E-state index in [1.807, 2.05) is 52.0 Å². The molecule has 0 aliphatic carbocycles. The molecule has 4 heteroatoms. The van der Waals surface area contributed by atoms with Crippen molar-refractivity contribution in [3.63, 3.8) is 0 Å². The van der Waals surface area contributed by atoms with Crippen molar-refractivity contribution < 1.29 is 9.53 Å². The summed E-state index contributed by atoms with van der Waals surface area (Å²) in [6.45, 7) is 8.52. The Morgan fingerprint density at radius 3 is 2.53 bits per heavy atom. The molecule has 0 bridgehead atoms. The summed E-state index contributed by atoms with van der Waals surface area (Å²) in [6.07, 6.45) is 0.0605. The molecule has 0 unspecified atom stereocenters. The Labute approximate surface area is 115 Å². The molecule has 1 aromatic carbocycles.